The van der Waals surface area contributed by atoms with E-state index in [1.54, 1.807) is 30.6 Å². The first-order valence-corrected chi connectivity index (χ1v) is 12.3. The molecule has 1 aliphatic heterocycles. The number of carbonyl (C=O) groups excluding carboxylic acids is 2. The number of aliphatic hydroxyl groups is 1. The second-order valence-electron chi connectivity index (χ2n) is 9.43. The van der Waals surface area contributed by atoms with Crippen LogP contribution in [0.5, 0.6) is 5.75 Å². The van der Waals surface area contributed by atoms with Crippen molar-refractivity contribution in [3.63, 3.8) is 0 Å². The summed E-state index contributed by atoms with van der Waals surface area (Å²) >= 11 is 0. The zero-order chi connectivity index (χ0) is 25.8. The van der Waals surface area contributed by atoms with Crippen molar-refractivity contribution in [1.29, 1.82) is 0 Å². The zero-order valence-corrected chi connectivity index (χ0v) is 21.2. The van der Waals surface area contributed by atoms with Crippen LogP contribution in [0.1, 0.15) is 67.0 Å². The summed E-state index contributed by atoms with van der Waals surface area (Å²) < 4.78 is 5.71. The Labute approximate surface area is 212 Å². The van der Waals surface area contributed by atoms with E-state index in [0.717, 1.165) is 28.7 Å². The van der Waals surface area contributed by atoms with Crippen molar-refractivity contribution in [1.82, 2.24) is 9.88 Å². The quantitative estimate of drug-likeness (QED) is 0.244. The zero-order valence-electron chi connectivity index (χ0n) is 21.2. The second kappa shape index (κ2) is 10.8. The minimum absolute atomic E-state index is 0.0894. The highest BCUT2D eigenvalue weighted by molar-refractivity contribution is 6.46. The Bertz CT molecular complexity index is 1280. The lowest BCUT2D eigenvalue weighted by atomic mass is 9.92. The molecule has 6 heteroatoms. The smallest absolute Gasteiger partial charge is 0.295 e. The highest BCUT2D eigenvalue weighted by Crippen LogP contribution is 2.41. The molecule has 1 aromatic heterocycles. The van der Waals surface area contributed by atoms with Gasteiger partial charge in [-0.3, -0.25) is 14.6 Å². The summed E-state index contributed by atoms with van der Waals surface area (Å²) in [5.41, 5.74) is 4.07. The van der Waals surface area contributed by atoms with Gasteiger partial charge in [0.2, 0.25) is 0 Å². The number of hydrogen-bond donors (Lipinski definition) is 1. The molecule has 3 aromatic rings. The molecule has 1 amide bonds. The van der Waals surface area contributed by atoms with E-state index in [2.05, 4.69) is 18.8 Å². The van der Waals surface area contributed by atoms with Crippen molar-refractivity contribution >= 4 is 17.4 Å². The Morgan fingerprint density at radius 2 is 1.86 bits per heavy atom. The highest BCUT2D eigenvalue weighted by Gasteiger charge is 2.46. The Hall–Kier alpha value is -3.93. The molecular weight excluding hydrogens is 452 g/mol. The van der Waals surface area contributed by atoms with Gasteiger partial charge < -0.3 is 14.7 Å². The molecule has 2 aromatic carbocycles. The van der Waals surface area contributed by atoms with Gasteiger partial charge in [0, 0.05) is 24.5 Å². The molecule has 1 fully saturated rings. The lowest BCUT2D eigenvalue weighted by molar-refractivity contribution is -0.140. The topological polar surface area (TPSA) is 79.7 Å². The predicted octanol–water partition coefficient (Wildman–Crippen LogP) is 5.92. The Kier molecular flexibility index (Phi) is 7.53. The monoisotopic (exact) mass is 484 g/mol. The van der Waals surface area contributed by atoms with E-state index in [1.807, 2.05) is 50.2 Å². The number of aryl methyl sites for hydroxylation is 1. The molecule has 186 valence electrons. The minimum Gasteiger partial charge on any atom is -0.507 e. The lowest BCUT2D eigenvalue weighted by Gasteiger charge is -2.26. The Morgan fingerprint density at radius 1 is 1.11 bits per heavy atom. The number of pyridine rings is 1. The molecular formula is C30H32N2O4. The van der Waals surface area contributed by atoms with Crippen LogP contribution >= 0.6 is 0 Å². The van der Waals surface area contributed by atoms with Gasteiger partial charge in [-0.25, -0.2) is 0 Å². The molecule has 0 radical (unpaired) electrons. The fourth-order valence-corrected chi connectivity index (χ4v) is 4.50. The van der Waals surface area contributed by atoms with Crippen molar-refractivity contribution < 1.29 is 19.4 Å². The summed E-state index contributed by atoms with van der Waals surface area (Å²) in [5, 5.41) is 11.4. The maximum absolute atomic E-state index is 13.3. The van der Waals surface area contributed by atoms with Gasteiger partial charge in [0.1, 0.15) is 11.5 Å². The molecule has 1 N–H and O–H groups in total. The van der Waals surface area contributed by atoms with Gasteiger partial charge in [-0.1, -0.05) is 51.1 Å². The molecule has 0 aliphatic carbocycles. The normalized spacial score (nSPS) is 17.1. The number of amides is 1. The van der Waals surface area contributed by atoms with E-state index >= 15 is 0 Å². The number of Topliss-reactive ketones (excluding diaryl/α,β-unsaturated/α-hetero) is 1. The minimum atomic E-state index is -0.721. The first-order chi connectivity index (χ1) is 17.3. The van der Waals surface area contributed by atoms with Crippen LogP contribution in [0.15, 0.2) is 72.6 Å². The van der Waals surface area contributed by atoms with E-state index in [9.17, 15) is 14.7 Å². The second-order valence-corrected chi connectivity index (χ2v) is 9.43. The molecule has 0 bridgehead atoms. The molecule has 0 unspecified atom stereocenters. The third kappa shape index (κ3) is 5.03. The SMILES string of the molecule is CCCOc1ccc(C(O)=C2C(=O)C(=O)N(Cc3cccnc3)[C@H]2c2ccc(C(C)C)cc2)c(C)c1. The lowest BCUT2D eigenvalue weighted by Crippen LogP contribution is -2.29. The number of carbonyl (C=O) groups is 2. The summed E-state index contributed by atoms with van der Waals surface area (Å²) in [6.45, 7) is 8.91. The van der Waals surface area contributed by atoms with Crippen molar-refractivity contribution in [3.05, 3.63) is 100 Å². The largest absolute Gasteiger partial charge is 0.507 e. The van der Waals surface area contributed by atoms with Gasteiger partial charge in [0.25, 0.3) is 11.7 Å². The highest BCUT2D eigenvalue weighted by atomic mass is 16.5. The fourth-order valence-electron chi connectivity index (χ4n) is 4.50. The summed E-state index contributed by atoms with van der Waals surface area (Å²) in [5.74, 6) is -0.473. The summed E-state index contributed by atoms with van der Waals surface area (Å²) in [7, 11) is 0. The third-order valence-corrected chi connectivity index (χ3v) is 6.46. The van der Waals surface area contributed by atoms with Gasteiger partial charge >= 0.3 is 0 Å². The van der Waals surface area contributed by atoms with E-state index < -0.39 is 17.7 Å². The van der Waals surface area contributed by atoms with Crippen LogP contribution in [0, 0.1) is 6.92 Å². The van der Waals surface area contributed by atoms with Crippen molar-refractivity contribution in [2.45, 2.75) is 52.6 Å². The number of aliphatic hydroxyl groups excluding tert-OH is 1. The number of aromatic nitrogens is 1. The van der Waals surface area contributed by atoms with Crippen molar-refractivity contribution in [2.24, 2.45) is 0 Å². The number of nitrogens with zero attached hydrogens (tertiary/aromatic N) is 2. The Balaban J connectivity index is 1.82. The molecule has 4 rings (SSSR count). The molecule has 0 spiro atoms. The molecule has 1 atom stereocenters. The van der Waals surface area contributed by atoms with E-state index in [1.165, 1.54) is 4.90 Å². The molecule has 36 heavy (non-hydrogen) atoms. The predicted molar refractivity (Wildman–Crippen MR) is 140 cm³/mol. The van der Waals surface area contributed by atoms with Gasteiger partial charge in [-0.2, -0.15) is 0 Å². The van der Waals surface area contributed by atoms with E-state index in [-0.39, 0.29) is 17.9 Å². The number of benzene rings is 2. The van der Waals surface area contributed by atoms with Crippen LogP contribution in [0.25, 0.3) is 5.76 Å². The first kappa shape index (κ1) is 25.2. The van der Waals surface area contributed by atoms with Crippen molar-refractivity contribution in [2.75, 3.05) is 6.61 Å². The van der Waals surface area contributed by atoms with Gasteiger partial charge in [0.05, 0.1) is 18.2 Å². The molecule has 6 nitrogen and oxygen atoms in total. The maximum atomic E-state index is 13.3. The molecule has 1 saturated heterocycles. The van der Waals surface area contributed by atoms with Gasteiger partial charge in [-0.15, -0.1) is 0 Å². The van der Waals surface area contributed by atoms with Crippen LogP contribution in [0.2, 0.25) is 0 Å². The van der Waals surface area contributed by atoms with Crippen LogP contribution in [-0.4, -0.2) is 33.3 Å². The first-order valence-electron chi connectivity index (χ1n) is 12.3. The molecule has 2 heterocycles. The summed E-state index contributed by atoms with van der Waals surface area (Å²) in [6, 6.07) is 16.2. The standard InChI is InChI=1S/C30H32N2O4/c1-5-15-36-24-12-13-25(20(4)16-24)28(33)26-27(23-10-8-22(9-11-23)19(2)3)32(30(35)29(26)34)18-21-7-6-14-31-17-21/h6-14,16-17,19,27,33H,5,15,18H2,1-4H3/t27-/m0/s1. The fraction of sp³-hybridized carbons (Fsp3) is 0.300. The third-order valence-electron chi connectivity index (χ3n) is 6.46. The van der Waals surface area contributed by atoms with E-state index in [0.29, 0.717) is 23.8 Å². The molecule has 1 aliphatic rings. The van der Waals surface area contributed by atoms with Crippen molar-refractivity contribution in [3.8, 4) is 5.75 Å². The number of likely N-dealkylation sites (tertiary alicyclic amines) is 1. The van der Waals surface area contributed by atoms with Crippen LogP contribution in [-0.2, 0) is 16.1 Å². The summed E-state index contributed by atoms with van der Waals surface area (Å²) in [6.07, 6.45) is 4.23. The number of hydrogen-bond acceptors (Lipinski definition) is 5. The van der Waals surface area contributed by atoms with Crippen LogP contribution < -0.4 is 4.74 Å². The maximum Gasteiger partial charge on any atom is 0.295 e. The number of ether oxygens (including phenoxy) is 1. The average molecular weight is 485 g/mol. The molecule has 0 saturated carbocycles. The average Bonchev–Trinajstić information content (AvgIpc) is 3.12. The summed E-state index contributed by atoms with van der Waals surface area (Å²) in [4.78, 5) is 32.3. The number of rotatable bonds is 8. The van der Waals surface area contributed by atoms with Crippen LogP contribution in [0.4, 0.5) is 0 Å². The van der Waals surface area contributed by atoms with Crippen LogP contribution in [0.3, 0.4) is 0 Å². The Morgan fingerprint density at radius 3 is 2.47 bits per heavy atom. The van der Waals surface area contributed by atoms with Gasteiger partial charge in [-0.05, 0) is 65.8 Å². The van der Waals surface area contributed by atoms with Gasteiger partial charge in [0.15, 0.2) is 0 Å². The number of ketones is 1. The van der Waals surface area contributed by atoms with E-state index in [4.69, 9.17) is 4.74 Å².